The van der Waals surface area contributed by atoms with Crippen LogP contribution in [0.15, 0.2) is 24.3 Å². The molecule has 4 aliphatic heterocycles. The van der Waals surface area contributed by atoms with E-state index in [0.717, 1.165) is 38.3 Å². The summed E-state index contributed by atoms with van der Waals surface area (Å²) in [6.45, 7) is 7.45. The number of benzene rings is 2. The zero-order valence-electron chi connectivity index (χ0n) is 30.9. The van der Waals surface area contributed by atoms with E-state index in [1.165, 1.54) is 25.3 Å². The molecule has 3 aromatic rings. The summed E-state index contributed by atoms with van der Waals surface area (Å²) < 4.78 is 116. The van der Waals surface area contributed by atoms with E-state index in [4.69, 9.17) is 19.2 Å². The monoisotopic (exact) mass is 798 g/mol. The van der Waals surface area contributed by atoms with Crippen LogP contribution in [0.5, 0.6) is 17.5 Å². The van der Waals surface area contributed by atoms with Crippen molar-refractivity contribution >= 4 is 32.9 Å². The quantitative estimate of drug-likeness (QED) is 0.141. The molecule has 55 heavy (non-hydrogen) atoms. The van der Waals surface area contributed by atoms with Crippen molar-refractivity contribution in [2.75, 3.05) is 44.8 Å². The number of carbonyl (C=O) groups excluding carboxylic acids is 1. The fourth-order valence-corrected chi connectivity index (χ4v) is 8.77. The van der Waals surface area contributed by atoms with Crippen LogP contribution in [-0.2, 0) is 27.7 Å². The molecule has 4 saturated heterocycles. The first-order valence-electron chi connectivity index (χ1n) is 18.2. The first-order chi connectivity index (χ1) is 25.8. The maximum atomic E-state index is 15.1. The number of aryl methyl sites for hydroxylation is 2. The lowest BCUT2D eigenvalue weighted by Gasteiger charge is -2.41. The third-order valence-electron chi connectivity index (χ3n) is 10.7. The van der Waals surface area contributed by atoms with Crippen molar-refractivity contribution in [3.8, 4) is 17.5 Å². The molecule has 4 aliphatic rings. The molecule has 0 aliphatic carbocycles. The van der Waals surface area contributed by atoms with E-state index in [9.17, 15) is 30.8 Å². The molecular formula is C36H43F5N6O7S. The second-order valence-corrected chi connectivity index (χ2v) is 17.2. The Morgan fingerprint density at radius 3 is 2.42 bits per heavy atom. The molecule has 2 bridgehead atoms. The lowest BCUT2D eigenvalue weighted by atomic mass is 9.95. The van der Waals surface area contributed by atoms with Crippen LogP contribution in [0.1, 0.15) is 64.3 Å². The van der Waals surface area contributed by atoms with Crippen molar-refractivity contribution < 1.29 is 53.6 Å². The molecular weight excluding hydrogens is 755 g/mol. The number of methoxy groups -OCH3 is 1. The molecule has 1 aromatic heterocycles. The highest BCUT2D eigenvalue weighted by Gasteiger charge is 2.51. The van der Waals surface area contributed by atoms with Crippen molar-refractivity contribution in [2.24, 2.45) is 0 Å². The molecule has 0 radical (unpaired) electrons. The van der Waals surface area contributed by atoms with Gasteiger partial charge in [-0.1, -0.05) is 6.07 Å². The number of aromatic nitrogens is 3. The average Bonchev–Trinajstić information content (AvgIpc) is 3.72. The van der Waals surface area contributed by atoms with Gasteiger partial charge in [0.25, 0.3) is 0 Å². The number of hydrogen-bond donors (Lipinski definition) is 0. The highest BCUT2D eigenvalue weighted by molar-refractivity contribution is 7.88. The number of hydrogen-bond acceptors (Lipinski definition) is 12. The van der Waals surface area contributed by atoms with E-state index in [0.29, 0.717) is 26.1 Å². The van der Waals surface area contributed by atoms with Gasteiger partial charge < -0.3 is 23.3 Å². The molecule has 4 atom stereocenters. The van der Waals surface area contributed by atoms with Crippen LogP contribution >= 0.6 is 0 Å². The molecule has 4 fully saturated rings. The summed E-state index contributed by atoms with van der Waals surface area (Å²) in [5.74, 6) is -1.64. The summed E-state index contributed by atoms with van der Waals surface area (Å²) in [4.78, 5) is 32.9. The van der Waals surface area contributed by atoms with Crippen LogP contribution in [0.4, 0.5) is 32.7 Å². The number of carbonyl (C=O) groups is 1. The van der Waals surface area contributed by atoms with Crippen LogP contribution in [0.2, 0.25) is 0 Å². The van der Waals surface area contributed by atoms with Gasteiger partial charge in [-0.25, -0.2) is 13.6 Å². The Labute approximate surface area is 315 Å². The van der Waals surface area contributed by atoms with Crippen LogP contribution in [-0.4, -0.2) is 114 Å². The Morgan fingerprint density at radius 2 is 1.75 bits per heavy atom. The van der Waals surface area contributed by atoms with Gasteiger partial charge in [-0.3, -0.25) is 9.80 Å². The van der Waals surface area contributed by atoms with Crippen molar-refractivity contribution in [2.45, 2.75) is 101 Å². The number of piperazine rings is 1. The van der Waals surface area contributed by atoms with Crippen molar-refractivity contribution in [3.63, 3.8) is 0 Å². The second kappa shape index (κ2) is 14.4. The van der Waals surface area contributed by atoms with Gasteiger partial charge in [0, 0.05) is 37.9 Å². The van der Waals surface area contributed by atoms with Gasteiger partial charge in [-0.15, -0.1) is 0 Å². The zero-order valence-corrected chi connectivity index (χ0v) is 31.7. The normalized spacial score (nSPS) is 24.3. The first-order valence-corrected chi connectivity index (χ1v) is 19.6. The SMILES string of the molecule is COc1cc(CCc2nc(OC[C@@]34CCCN3C[C@H](F)C4)nc(N3CC4CCC(C3)N4C(=O)OC(C)(C)C)n2)c2c(OS(=O)(=O)C(F)(F)F)c(F)ccc2c1. The van der Waals surface area contributed by atoms with Crippen LogP contribution < -0.4 is 18.6 Å². The van der Waals surface area contributed by atoms with E-state index >= 15 is 4.39 Å². The third kappa shape index (κ3) is 7.91. The van der Waals surface area contributed by atoms with E-state index < -0.39 is 50.6 Å². The van der Waals surface area contributed by atoms with Gasteiger partial charge in [0.2, 0.25) is 5.95 Å². The van der Waals surface area contributed by atoms with E-state index in [1.54, 1.807) is 4.90 Å². The highest BCUT2D eigenvalue weighted by atomic mass is 32.2. The first kappa shape index (κ1) is 39.0. The molecule has 13 nitrogen and oxygen atoms in total. The summed E-state index contributed by atoms with van der Waals surface area (Å²) >= 11 is 0. The van der Waals surface area contributed by atoms with E-state index in [-0.39, 0.29) is 71.4 Å². The molecule has 19 heteroatoms. The summed E-state index contributed by atoms with van der Waals surface area (Å²) in [6.07, 6.45) is 2.09. The smallest absolute Gasteiger partial charge is 0.497 e. The van der Waals surface area contributed by atoms with Gasteiger partial charge >= 0.3 is 27.7 Å². The molecule has 2 aromatic carbocycles. The lowest BCUT2D eigenvalue weighted by molar-refractivity contribution is -0.0500. The summed E-state index contributed by atoms with van der Waals surface area (Å²) in [7, 11) is -4.85. The highest BCUT2D eigenvalue weighted by Crippen LogP contribution is 2.41. The number of fused-ring (bicyclic) bond motifs is 4. The van der Waals surface area contributed by atoms with Gasteiger partial charge in [-0.05, 0) is 88.6 Å². The molecule has 5 heterocycles. The Morgan fingerprint density at radius 1 is 1.02 bits per heavy atom. The Bertz CT molecular complexity index is 2050. The van der Waals surface area contributed by atoms with Crippen molar-refractivity contribution in [1.82, 2.24) is 24.8 Å². The Kier molecular flexibility index (Phi) is 10.2. The number of rotatable bonds is 10. The molecule has 0 N–H and O–H groups in total. The minimum Gasteiger partial charge on any atom is -0.497 e. The van der Waals surface area contributed by atoms with Gasteiger partial charge in [0.1, 0.15) is 30.0 Å². The van der Waals surface area contributed by atoms with Crippen LogP contribution in [0, 0.1) is 5.82 Å². The van der Waals surface area contributed by atoms with Gasteiger partial charge in [0.05, 0.1) is 24.7 Å². The number of nitrogens with zero attached hydrogens (tertiary/aromatic N) is 6. The zero-order chi connectivity index (χ0) is 39.5. The summed E-state index contributed by atoms with van der Waals surface area (Å²) in [6, 6.07) is 4.60. The molecule has 7 rings (SSSR count). The number of amides is 1. The van der Waals surface area contributed by atoms with Crippen LogP contribution in [0.3, 0.4) is 0 Å². The van der Waals surface area contributed by atoms with E-state index in [1.807, 2.05) is 25.7 Å². The van der Waals surface area contributed by atoms with Gasteiger partial charge in [0.15, 0.2) is 11.6 Å². The fourth-order valence-electron chi connectivity index (χ4n) is 8.29. The van der Waals surface area contributed by atoms with Gasteiger partial charge in [-0.2, -0.15) is 36.5 Å². The number of ether oxygens (including phenoxy) is 3. The topological polar surface area (TPSA) is 137 Å². The third-order valence-corrected chi connectivity index (χ3v) is 11.6. The minimum atomic E-state index is -6.22. The van der Waals surface area contributed by atoms with Crippen molar-refractivity contribution in [1.29, 1.82) is 0 Å². The predicted molar refractivity (Wildman–Crippen MR) is 189 cm³/mol. The largest absolute Gasteiger partial charge is 0.534 e. The summed E-state index contributed by atoms with van der Waals surface area (Å²) in [5.41, 5.74) is -6.77. The molecule has 0 saturated carbocycles. The fraction of sp³-hybridized carbons (Fsp3) is 0.611. The number of halogens is 5. The van der Waals surface area contributed by atoms with E-state index in [2.05, 4.69) is 19.1 Å². The summed E-state index contributed by atoms with van der Waals surface area (Å²) in [5, 5.41) is -0.0263. The standard InChI is InChI=1S/C36H43F5N6O7S/c1-34(2,3)53-33(48)47-24-8-9-25(47)19-45(18-24)31-42-28(43-32(44-31)52-20-35-12-5-13-46(35)17-23(37)16-35)11-7-22-15-26(51-4)14-21-6-10-27(38)30(29(21)22)54-55(49,50)36(39,40)41/h6,10,14-15,23-25H,5,7-9,11-13,16-20H2,1-4H3/t23-,24?,25?,35+/m1/s1. The molecule has 0 spiro atoms. The molecule has 300 valence electrons. The molecule has 1 amide bonds. The average molecular weight is 799 g/mol. The minimum absolute atomic E-state index is 0.00714. The Balaban J connectivity index is 1.21. The number of anilines is 1. The maximum absolute atomic E-state index is 15.1. The molecule has 2 unspecified atom stereocenters. The van der Waals surface area contributed by atoms with Crippen LogP contribution in [0.25, 0.3) is 10.8 Å². The predicted octanol–water partition coefficient (Wildman–Crippen LogP) is 5.73. The van der Waals surface area contributed by atoms with Crippen molar-refractivity contribution in [3.05, 3.63) is 41.5 Å². The lowest BCUT2D eigenvalue weighted by Crippen LogP contribution is -2.57. The Hall–Kier alpha value is -4.26. The second-order valence-electron chi connectivity index (χ2n) is 15.6. The maximum Gasteiger partial charge on any atom is 0.534 e. The number of alkyl halides is 4.